The third kappa shape index (κ3) is 5.77. The van der Waals surface area contributed by atoms with Crippen LogP contribution in [-0.2, 0) is 30.5 Å². The Bertz CT molecular complexity index is 1140. The van der Waals surface area contributed by atoms with Gasteiger partial charge in [-0.05, 0) is 35.9 Å². The lowest BCUT2D eigenvalue weighted by Crippen LogP contribution is -2.37. The molecule has 1 fully saturated rings. The van der Waals surface area contributed by atoms with Crippen molar-refractivity contribution in [2.24, 2.45) is 10.3 Å². The van der Waals surface area contributed by atoms with Gasteiger partial charge in [-0.15, -0.1) is 0 Å². The topological polar surface area (TPSA) is 162 Å². The van der Waals surface area contributed by atoms with Crippen LogP contribution in [0.15, 0.2) is 47.4 Å². The minimum Gasteiger partial charge on any atom is -0.378 e. The smallest absolute Gasteiger partial charge is 0.257 e. The van der Waals surface area contributed by atoms with Crippen molar-refractivity contribution >= 4 is 37.3 Å². The molecular formula is C18H22N4O6S2. The van der Waals surface area contributed by atoms with Gasteiger partial charge < -0.3 is 15.0 Å². The number of hydrogen-bond donors (Lipinski definition) is 3. The van der Waals surface area contributed by atoms with E-state index in [0.717, 1.165) is 0 Å². The first kappa shape index (κ1) is 22.2. The molecule has 5 N–H and O–H groups in total. The fraction of sp³-hybridized carbons (Fsp3) is 0.278. The van der Waals surface area contributed by atoms with E-state index in [1.165, 1.54) is 36.4 Å². The minimum atomic E-state index is -3.99. The molecule has 0 radical (unpaired) electrons. The predicted molar refractivity (Wildman–Crippen MR) is 112 cm³/mol. The molecule has 0 atom stereocenters. The van der Waals surface area contributed by atoms with Crippen LogP contribution in [0.25, 0.3) is 0 Å². The Hall–Kier alpha value is -2.51. The molecular weight excluding hydrogens is 432 g/mol. The number of nitrogens with two attached hydrogens (primary N) is 2. The summed E-state index contributed by atoms with van der Waals surface area (Å²) in [6, 6.07) is 10.3. The van der Waals surface area contributed by atoms with Crippen molar-refractivity contribution in [1.82, 2.24) is 0 Å². The van der Waals surface area contributed by atoms with Gasteiger partial charge in [0.1, 0.15) is 0 Å². The van der Waals surface area contributed by atoms with Gasteiger partial charge in [-0.2, -0.15) is 0 Å². The second-order valence-corrected chi connectivity index (χ2v) is 9.96. The normalized spacial score (nSPS) is 15.1. The number of ether oxygens (including phenoxy) is 1. The quantitative estimate of drug-likeness (QED) is 0.562. The second-order valence-electron chi connectivity index (χ2n) is 6.78. The SMILES string of the molecule is NS(=O)(=O)Cc1ccc(NC(=O)c2cc(S(N)(=O)=O)ccc2N2CCOCC2)cc1. The molecule has 0 aromatic heterocycles. The van der Waals surface area contributed by atoms with Crippen molar-refractivity contribution in [1.29, 1.82) is 0 Å². The number of anilines is 2. The first-order chi connectivity index (χ1) is 14.0. The average Bonchev–Trinajstić information content (AvgIpc) is 2.68. The van der Waals surface area contributed by atoms with Crippen molar-refractivity contribution < 1.29 is 26.4 Å². The zero-order valence-corrected chi connectivity index (χ0v) is 17.6. The number of carbonyl (C=O) groups excluding carboxylic acids is 1. The van der Waals surface area contributed by atoms with Crippen LogP contribution in [-0.4, -0.2) is 49.0 Å². The van der Waals surface area contributed by atoms with E-state index in [-0.39, 0.29) is 16.2 Å². The number of nitrogens with zero attached hydrogens (tertiary/aromatic N) is 1. The Kier molecular flexibility index (Phi) is 6.43. The highest BCUT2D eigenvalue weighted by Gasteiger charge is 2.22. The molecule has 1 aliphatic rings. The van der Waals surface area contributed by atoms with Gasteiger partial charge in [0.05, 0.1) is 29.4 Å². The van der Waals surface area contributed by atoms with Crippen LogP contribution in [0.4, 0.5) is 11.4 Å². The first-order valence-electron chi connectivity index (χ1n) is 8.93. The number of morpholine rings is 1. The average molecular weight is 455 g/mol. The van der Waals surface area contributed by atoms with Gasteiger partial charge in [0, 0.05) is 24.5 Å². The van der Waals surface area contributed by atoms with Gasteiger partial charge in [-0.25, -0.2) is 27.1 Å². The van der Waals surface area contributed by atoms with Crippen LogP contribution in [0.2, 0.25) is 0 Å². The van der Waals surface area contributed by atoms with E-state index in [0.29, 0.717) is 43.2 Å². The lowest BCUT2D eigenvalue weighted by atomic mass is 10.1. The van der Waals surface area contributed by atoms with E-state index in [9.17, 15) is 21.6 Å². The van der Waals surface area contributed by atoms with Crippen LogP contribution in [0.1, 0.15) is 15.9 Å². The van der Waals surface area contributed by atoms with Gasteiger partial charge >= 0.3 is 0 Å². The van der Waals surface area contributed by atoms with Gasteiger partial charge in [-0.3, -0.25) is 4.79 Å². The maximum Gasteiger partial charge on any atom is 0.257 e. The third-order valence-electron chi connectivity index (χ3n) is 4.47. The number of nitrogens with one attached hydrogen (secondary N) is 1. The molecule has 1 heterocycles. The zero-order chi connectivity index (χ0) is 21.9. The van der Waals surface area contributed by atoms with Crippen molar-refractivity contribution in [2.45, 2.75) is 10.6 Å². The third-order valence-corrected chi connectivity index (χ3v) is 6.12. The van der Waals surface area contributed by atoms with E-state index < -0.39 is 26.0 Å². The maximum atomic E-state index is 12.9. The van der Waals surface area contributed by atoms with Crippen LogP contribution in [0, 0.1) is 0 Å². The zero-order valence-electron chi connectivity index (χ0n) is 15.9. The molecule has 0 spiro atoms. The summed E-state index contributed by atoms with van der Waals surface area (Å²) in [4.78, 5) is 14.7. The highest BCUT2D eigenvalue weighted by Crippen LogP contribution is 2.26. The van der Waals surface area contributed by atoms with Crippen molar-refractivity contribution in [3.05, 3.63) is 53.6 Å². The Labute approximate surface area is 174 Å². The molecule has 10 nitrogen and oxygen atoms in total. The summed E-state index contributed by atoms with van der Waals surface area (Å²) < 4.78 is 51.2. The highest BCUT2D eigenvalue weighted by molar-refractivity contribution is 7.89. The van der Waals surface area contributed by atoms with E-state index in [2.05, 4.69) is 5.32 Å². The molecule has 12 heteroatoms. The molecule has 162 valence electrons. The van der Waals surface area contributed by atoms with E-state index in [1.54, 1.807) is 6.07 Å². The fourth-order valence-corrected chi connectivity index (χ4v) is 4.27. The molecule has 1 saturated heterocycles. The molecule has 30 heavy (non-hydrogen) atoms. The maximum absolute atomic E-state index is 12.9. The standard InChI is InChI=1S/C18H22N4O6S2/c19-29(24,25)12-13-1-3-14(4-2-13)21-18(23)16-11-15(30(20,26)27)5-6-17(16)22-7-9-28-10-8-22/h1-6,11H,7-10,12H2,(H,21,23)(H2,19,24,25)(H2,20,26,27). The molecule has 0 unspecified atom stereocenters. The minimum absolute atomic E-state index is 0.150. The fourth-order valence-electron chi connectivity index (χ4n) is 3.07. The molecule has 1 amide bonds. The summed E-state index contributed by atoms with van der Waals surface area (Å²) in [5, 5.41) is 12.9. The molecule has 0 bridgehead atoms. The van der Waals surface area contributed by atoms with Crippen molar-refractivity contribution in [2.75, 3.05) is 36.5 Å². The van der Waals surface area contributed by atoms with Crippen LogP contribution >= 0.6 is 0 Å². The largest absolute Gasteiger partial charge is 0.378 e. The van der Waals surface area contributed by atoms with Crippen LogP contribution in [0.3, 0.4) is 0 Å². The summed E-state index contributed by atoms with van der Waals surface area (Å²) >= 11 is 0. The number of benzene rings is 2. The molecule has 2 aromatic carbocycles. The summed E-state index contributed by atoms with van der Waals surface area (Å²) in [6.45, 7) is 2.08. The van der Waals surface area contributed by atoms with E-state index >= 15 is 0 Å². The Morgan fingerprint density at radius 2 is 1.63 bits per heavy atom. The van der Waals surface area contributed by atoms with Crippen molar-refractivity contribution in [3.8, 4) is 0 Å². The Balaban J connectivity index is 1.89. The monoisotopic (exact) mass is 454 g/mol. The number of primary sulfonamides is 2. The lowest BCUT2D eigenvalue weighted by molar-refractivity contribution is 0.102. The molecule has 1 aliphatic heterocycles. The van der Waals surface area contributed by atoms with Crippen LogP contribution in [0.5, 0.6) is 0 Å². The van der Waals surface area contributed by atoms with Crippen molar-refractivity contribution in [3.63, 3.8) is 0 Å². The Morgan fingerprint density at radius 3 is 2.20 bits per heavy atom. The lowest BCUT2D eigenvalue weighted by Gasteiger charge is -2.30. The van der Waals surface area contributed by atoms with E-state index in [4.69, 9.17) is 15.0 Å². The molecule has 3 rings (SSSR count). The number of amides is 1. The summed E-state index contributed by atoms with van der Waals surface area (Å²) in [6.07, 6.45) is 0. The molecule has 0 aliphatic carbocycles. The molecule has 2 aromatic rings. The van der Waals surface area contributed by atoms with Crippen LogP contribution < -0.4 is 20.5 Å². The second kappa shape index (κ2) is 8.70. The van der Waals surface area contributed by atoms with Gasteiger partial charge in [-0.1, -0.05) is 12.1 Å². The van der Waals surface area contributed by atoms with Gasteiger partial charge in [0.15, 0.2) is 0 Å². The molecule has 0 saturated carbocycles. The van der Waals surface area contributed by atoms with E-state index in [1.807, 2.05) is 4.90 Å². The Morgan fingerprint density at radius 1 is 1.00 bits per heavy atom. The number of hydrogen-bond acceptors (Lipinski definition) is 7. The number of sulfonamides is 2. The van der Waals surface area contributed by atoms with Gasteiger partial charge in [0.2, 0.25) is 20.0 Å². The number of rotatable bonds is 6. The first-order valence-corrected chi connectivity index (χ1v) is 12.2. The summed E-state index contributed by atoms with van der Waals surface area (Å²) in [5.41, 5.74) is 1.60. The summed E-state index contributed by atoms with van der Waals surface area (Å²) in [7, 11) is -7.66. The number of carbonyl (C=O) groups is 1. The predicted octanol–water partition coefficient (Wildman–Crippen LogP) is 0.211. The summed E-state index contributed by atoms with van der Waals surface area (Å²) in [5.74, 6) is -0.847. The van der Waals surface area contributed by atoms with Gasteiger partial charge in [0.25, 0.3) is 5.91 Å². The highest BCUT2D eigenvalue weighted by atomic mass is 32.2.